The smallest absolute Gasteiger partial charge is 0.369 e. The third kappa shape index (κ3) is 2.07. The van der Waals surface area contributed by atoms with Gasteiger partial charge in [0.2, 0.25) is 0 Å². The molecule has 9 heavy (non-hydrogen) atoms. The molecule has 0 aliphatic heterocycles. The predicted octanol–water partition coefficient (Wildman–Crippen LogP) is 2.52. The molecule has 0 radical (unpaired) electrons. The van der Waals surface area contributed by atoms with Crippen LogP contribution >= 0.6 is 23.1 Å². The Morgan fingerprint density at radius 3 is 3.00 bits per heavy atom. The fourth-order valence-electron chi connectivity index (χ4n) is 0.411. The minimum absolute atomic E-state index is 0.799. The molecule has 1 heterocycles. The number of rotatable bonds is 1. The number of hydrogen-bond acceptors (Lipinski definition) is 3. The monoisotopic (exact) mass is 160 g/mol. The zero-order valence-electron chi connectivity index (χ0n) is 4.40. The molecule has 4 heteroatoms. The normalized spacial score (nSPS) is 9.33. The molecule has 48 valence electrons. The van der Waals surface area contributed by atoms with E-state index in [0.29, 0.717) is 0 Å². The second-order valence-corrected chi connectivity index (χ2v) is 3.13. The van der Waals surface area contributed by atoms with Crippen molar-refractivity contribution in [3.05, 3.63) is 16.8 Å². The maximum atomic E-state index is 10.0. The molecule has 0 fully saturated rings. The van der Waals surface area contributed by atoms with Gasteiger partial charge in [0, 0.05) is 10.3 Å². The van der Waals surface area contributed by atoms with Crippen molar-refractivity contribution < 1.29 is 9.90 Å². The van der Waals surface area contributed by atoms with E-state index in [-0.39, 0.29) is 0 Å². The standard InChI is InChI=1S/C5H4O2S2/c6-5(7)9-4-1-2-8-3-4/h1-3H,(H,6,7). The molecule has 0 aliphatic carbocycles. The maximum absolute atomic E-state index is 10.0. The molecule has 0 unspecified atom stereocenters. The van der Waals surface area contributed by atoms with Gasteiger partial charge in [0.1, 0.15) is 0 Å². The van der Waals surface area contributed by atoms with Crippen molar-refractivity contribution in [2.24, 2.45) is 0 Å². The molecule has 0 saturated heterocycles. The summed E-state index contributed by atoms with van der Waals surface area (Å²) < 4.78 is 0. The van der Waals surface area contributed by atoms with Crippen LogP contribution in [0.15, 0.2) is 21.7 Å². The summed E-state index contributed by atoms with van der Waals surface area (Å²) in [7, 11) is 0. The molecule has 0 aromatic carbocycles. The Labute approximate surface area is 60.5 Å². The Balaban J connectivity index is 2.58. The second-order valence-electron chi connectivity index (χ2n) is 1.33. The Kier molecular flexibility index (Phi) is 2.13. The van der Waals surface area contributed by atoms with Crippen molar-refractivity contribution in [1.29, 1.82) is 0 Å². The molecule has 1 N–H and O–H groups in total. The van der Waals surface area contributed by atoms with Gasteiger partial charge in [-0.3, -0.25) is 0 Å². The first-order chi connectivity index (χ1) is 4.29. The predicted molar refractivity (Wildman–Crippen MR) is 38.2 cm³/mol. The van der Waals surface area contributed by atoms with E-state index in [1.807, 2.05) is 5.38 Å². The van der Waals surface area contributed by atoms with Gasteiger partial charge in [-0.25, -0.2) is 4.79 Å². The highest BCUT2D eigenvalue weighted by Crippen LogP contribution is 2.20. The summed E-state index contributed by atoms with van der Waals surface area (Å²) in [4.78, 5) is 10.8. The van der Waals surface area contributed by atoms with Crippen LogP contribution in [-0.4, -0.2) is 10.4 Å². The molecule has 0 amide bonds. The number of carboxylic acid groups (broad SMARTS) is 1. The SMILES string of the molecule is O=C(O)Sc1ccsc1. The molecule has 2 nitrogen and oxygen atoms in total. The highest BCUT2D eigenvalue weighted by Gasteiger charge is 1.98. The van der Waals surface area contributed by atoms with Crippen LogP contribution in [0.2, 0.25) is 0 Å². The van der Waals surface area contributed by atoms with Crippen LogP contribution in [0.25, 0.3) is 0 Å². The van der Waals surface area contributed by atoms with Crippen molar-refractivity contribution in [3.63, 3.8) is 0 Å². The molecule has 1 rings (SSSR count). The van der Waals surface area contributed by atoms with Gasteiger partial charge < -0.3 is 5.11 Å². The first-order valence-corrected chi connectivity index (χ1v) is 3.98. The summed E-state index contributed by atoms with van der Waals surface area (Å²) >= 11 is 2.33. The molecular weight excluding hydrogens is 156 g/mol. The Morgan fingerprint density at radius 2 is 2.56 bits per heavy atom. The minimum atomic E-state index is -0.853. The summed E-state index contributed by atoms with van der Waals surface area (Å²) in [5.41, 5.74) is 0. The van der Waals surface area contributed by atoms with E-state index in [1.54, 1.807) is 11.4 Å². The molecule has 0 atom stereocenters. The van der Waals surface area contributed by atoms with E-state index in [1.165, 1.54) is 11.3 Å². The molecular formula is C5H4O2S2. The van der Waals surface area contributed by atoms with Crippen LogP contribution in [0.4, 0.5) is 4.79 Å². The highest BCUT2D eigenvalue weighted by molar-refractivity contribution is 8.13. The molecule has 1 aromatic rings. The molecule has 0 bridgehead atoms. The lowest BCUT2D eigenvalue weighted by atomic mass is 10.7. The van der Waals surface area contributed by atoms with E-state index in [2.05, 4.69) is 0 Å². The van der Waals surface area contributed by atoms with E-state index >= 15 is 0 Å². The fraction of sp³-hybridized carbons (Fsp3) is 0. The first-order valence-electron chi connectivity index (χ1n) is 2.22. The lowest BCUT2D eigenvalue weighted by Crippen LogP contribution is -1.79. The van der Waals surface area contributed by atoms with Crippen molar-refractivity contribution in [2.75, 3.05) is 0 Å². The van der Waals surface area contributed by atoms with Gasteiger partial charge in [0.05, 0.1) is 0 Å². The van der Waals surface area contributed by atoms with Gasteiger partial charge >= 0.3 is 5.30 Å². The molecule has 0 saturated carbocycles. The van der Waals surface area contributed by atoms with E-state index in [4.69, 9.17) is 5.11 Å². The van der Waals surface area contributed by atoms with Crippen LogP contribution in [0.1, 0.15) is 0 Å². The fourth-order valence-corrected chi connectivity index (χ4v) is 1.71. The largest absolute Gasteiger partial charge is 0.473 e. The van der Waals surface area contributed by atoms with Crippen molar-refractivity contribution in [1.82, 2.24) is 0 Å². The van der Waals surface area contributed by atoms with Gasteiger partial charge in [-0.1, -0.05) is 0 Å². The lowest BCUT2D eigenvalue weighted by molar-refractivity contribution is 0.222. The van der Waals surface area contributed by atoms with Crippen molar-refractivity contribution in [3.8, 4) is 0 Å². The van der Waals surface area contributed by atoms with Crippen LogP contribution < -0.4 is 0 Å². The van der Waals surface area contributed by atoms with Crippen LogP contribution in [0.3, 0.4) is 0 Å². The maximum Gasteiger partial charge on any atom is 0.369 e. The number of thiophene rings is 1. The van der Waals surface area contributed by atoms with Gasteiger partial charge in [-0.2, -0.15) is 11.3 Å². The van der Waals surface area contributed by atoms with Crippen LogP contribution in [-0.2, 0) is 0 Å². The summed E-state index contributed by atoms with van der Waals surface area (Å²) in [6.45, 7) is 0. The number of hydrogen-bond donors (Lipinski definition) is 1. The zero-order chi connectivity index (χ0) is 6.69. The quantitative estimate of drug-likeness (QED) is 0.641. The summed E-state index contributed by atoms with van der Waals surface area (Å²) in [5.74, 6) is 0. The van der Waals surface area contributed by atoms with Crippen LogP contribution in [0.5, 0.6) is 0 Å². The molecule has 0 spiro atoms. The first kappa shape index (κ1) is 6.64. The number of thioether (sulfide) groups is 1. The summed E-state index contributed by atoms with van der Waals surface area (Å²) in [6, 6.07) is 1.78. The average Bonchev–Trinajstić information content (AvgIpc) is 2.15. The third-order valence-corrected chi connectivity index (χ3v) is 2.20. The highest BCUT2D eigenvalue weighted by atomic mass is 32.2. The molecule has 0 aliphatic rings. The third-order valence-electron chi connectivity index (χ3n) is 0.700. The van der Waals surface area contributed by atoms with Crippen LogP contribution in [0, 0.1) is 0 Å². The topological polar surface area (TPSA) is 37.3 Å². The average molecular weight is 160 g/mol. The molecule has 1 aromatic heterocycles. The van der Waals surface area contributed by atoms with Crippen molar-refractivity contribution in [2.45, 2.75) is 4.90 Å². The summed E-state index contributed by atoms with van der Waals surface area (Å²) in [6.07, 6.45) is 0. The summed E-state index contributed by atoms with van der Waals surface area (Å²) in [5, 5.41) is 11.1. The minimum Gasteiger partial charge on any atom is -0.473 e. The Bertz CT molecular complexity index is 193. The Hall–Kier alpha value is -0.480. The van der Waals surface area contributed by atoms with Crippen molar-refractivity contribution >= 4 is 28.4 Å². The number of carbonyl (C=O) groups is 1. The van der Waals surface area contributed by atoms with Gasteiger partial charge in [0.25, 0.3) is 0 Å². The Morgan fingerprint density at radius 1 is 1.78 bits per heavy atom. The van der Waals surface area contributed by atoms with E-state index in [0.717, 1.165) is 16.7 Å². The zero-order valence-corrected chi connectivity index (χ0v) is 6.04. The van der Waals surface area contributed by atoms with Gasteiger partial charge in [0.15, 0.2) is 0 Å². The lowest BCUT2D eigenvalue weighted by Gasteiger charge is -1.84. The van der Waals surface area contributed by atoms with E-state index in [9.17, 15) is 4.79 Å². The van der Waals surface area contributed by atoms with E-state index < -0.39 is 5.30 Å². The second kappa shape index (κ2) is 2.89. The van der Waals surface area contributed by atoms with Gasteiger partial charge in [-0.05, 0) is 23.2 Å². The van der Waals surface area contributed by atoms with Gasteiger partial charge in [-0.15, -0.1) is 0 Å².